The third kappa shape index (κ3) is 2.76. The number of nitrogens with zero attached hydrogens (tertiary/aromatic N) is 4. The van der Waals surface area contributed by atoms with Crippen LogP contribution < -0.4 is 0 Å². The number of pyridine rings is 1. The predicted octanol–water partition coefficient (Wildman–Crippen LogP) is 2.69. The lowest BCUT2D eigenvalue weighted by atomic mass is 10.1. The minimum atomic E-state index is -0.425. The number of likely N-dealkylation sites (tertiary alicyclic amines) is 1. The van der Waals surface area contributed by atoms with Crippen LogP contribution >= 0.6 is 0 Å². The molecule has 0 aromatic carbocycles. The zero-order chi connectivity index (χ0) is 19.8. The summed E-state index contributed by atoms with van der Waals surface area (Å²) in [4.78, 5) is 30.5. The Morgan fingerprint density at radius 3 is 2.89 bits per heavy atom. The number of carbonyl (C=O) groups is 2. The summed E-state index contributed by atoms with van der Waals surface area (Å²) in [7, 11) is 1.35. The number of fused-ring (bicyclic) bond motifs is 1. The van der Waals surface area contributed by atoms with Gasteiger partial charge in [0.1, 0.15) is 5.69 Å². The topological polar surface area (TPSA) is 92.6 Å². The van der Waals surface area contributed by atoms with Crippen molar-refractivity contribution in [2.75, 3.05) is 13.7 Å². The van der Waals surface area contributed by atoms with Gasteiger partial charge in [-0.2, -0.15) is 0 Å². The number of nitrogens with one attached hydrogen (secondary N) is 1. The molecule has 0 bridgehead atoms. The molecule has 1 fully saturated rings. The summed E-state index contributed by atoms with van der Waals surface area (Å²) in [5.41, 5.74) is 3.01. The molecular formula is C20H23N5O3. The van der Waals surface area contributed by atoms with E-state index in [1.807, 2.05) is 40.6 Å². The van der Waals surface area contributed by atoms with Crippen molar-refractivity contribution in [1.82, 2.24) is 24.5 Å². The normalized spacial score (nSPS) is 16.7. The highest BCUT2D eigenvalue weighted by Crippen LogP contribution is 2.33. The SMILES string of the molecule is CCc1[nH]c(C(=O)N2CCCC2c2nnc3ccccn23)c(C)c1C(=O)OC. The van der Waals surface area contributed by atoms with E-state index in [1.165, 1.54) is 7.11 Å². The van der Waals surface area contributed by atoms with Gasteiger partial charge in [-0.15, -0.1) is 10.2 Å². The maximum absolute atomic E-state index is 13.4. The van der Waals surface area contributed by atoms with Crippen molar-refractivity contribution >= 4 is 17.5 Å². The highest BCUT2D eigenvalue weighted by atomic mass is 16.5. The number of aromatic amines is 1. The van der Waals surface area contributed by atoms with E-state index in [-0.39, 0.29) is 11.9 Å². The molecule has 3 aromatic rings. The van der Waals surface area contributed by atoms with Gasteiger partial charge in [0.15, 0.2) is 11.5 Å². The number of rotatable bonds is 4. The van der Waals surface area contributed by atoms with E-state index < -0.39 is 5.97 Å². The third-order valence-electron chi connectivity index (χ3n) is 5.44. The first-order valence-electron chi connectivity index (χ1n) is 9.47. The fourth-order valence-corrected chi connectivity index (χ4v) is 4.02. The van der Waals surface area contributed by atoms with Gasteiger partial charge in [-0.25, -0.2) is 4.79 Å². The lowest BCUT2D eigenvalue weighted by Crippen LogP contribution is -2.32. The second-order valence-corrected chi connectivity index (χ2v) is 6.97. The Labute approximate surface area is 162 Å². The first-order valence-corrected chi connectivity index (χ1v) is 9.47. The number of aromatic nitrogens is 4. The number of amides is 1. The quantitative estimate of drug-likeness (QED) is 0.702. The largest absolute Gasteiger partial charge is 0.465 e. The molecule has 1 aliphatic heterocycles. The van der Waals surface area contributed by atoms with E-state index in [2.05, 4.69) is 15.2 Å². The van der Waals surface area contributed by atoms with E-state index in [1.54, 1.807) is 6.92 Å². The highest BCUT2D eigenvalue weighted by molar-refractivity contribution is 6.00. The number of methoxy groups -OCH3 is 1. The van der Waals surface area contributed by atoms with Gasteiger partial charge in [0.05, 0.1) is 18.7 Å². The van der Waals surface area contributed by atoms with Gasteiger partial charge in [-0.3, -0.25) is 9.20 Å². The molecule has 4 rings (SSSR count). The van der Waals surface area contributed by atoms with Crippen LogP contribution in [0.1, 0.15) is 63.7 Å². The van der Waals surface area contributed by atoms with Crippen molar-refractivity contribution in [2.24, 2.45) is 0 Å². The first-order chi connectivity index (χ1) is 13.6. The van der Waals surface area contributed by atoms with Gasteiger partial charge in [0.2, 0.25) is 0 Å². The molecule has 1 N–H and O–H groups in total. The third-order valence-corrected chi connectivity index (χ3v) is 5.44. The van der Waals surface area contributed by atoms with Crippen LogP contribution in [-0.4, -0.2) is 50.0 Å². The molecule has 1 saturated heterocycles. The summed E-state index contributed by atoms with van der Waals surface area (Å²) < 4.78 is 6.83. The molecule has 8 nitrogen and oxygen atoms in total. The fraction of sp³-hybridized carbons (Fsp3) is 0.400. The Morgan fingerprint density at radius 1 is 1.32 bits per heavy atom. The van der Waals surface area contributed by atoms with Crippen LogP contribution in [0.3, 0.4) is 0 Å². The van der Waals surface area contributed by atoms with Crippen molar-refractivity contribution in [3.8, 4) is 0 Å². The molecule has 1 amide bonds. The highest BCUT2D eigenvalue weighted by Gasteiger charge is 2.36. The number of carbonyl (C=O) groups excluding carboxylic acids is 2. The Hall–Kier alpha value is -3.16. The molecule has 1 aliphatic rings. The van der Waals surface area contributed by atoms with Crippen molar-refractivity contribution in [3.63, 3.8) is 0 Å². The van der Waals surface area contributed by atoms with Crippen LogP contribution in [0.5, 0.6) is 0 Å². The Kier molecular flexibility index (Phi) is 4.62. The Balaban J connectivity index is 1.72. The number of H-pyrrole nitrogens is 1. The van der Waals surface area contributed by atoms with Gasteiger partial charge >= 0.3 is 5.97 Å². The molecule has 0 aliphatic carbocycles. The molecule has 1 atom stereocenters. The minimum Gasteiger partial charge on any atom is -0.465 e. The summed E-state index contributed by atoms with van der Waals surface area (Å²) in [5, 5.41) is 8.56. The number of esters is 1. The van der Waals surface area contributed by atoms with E-state index in [9.17, 15) is 9.59 Å². The lowest BCUT2D eigenvalue weighted by molar-refractivity contribution is 0.0599. The molecule has 28 heavy (non-hydrogen) atoms. The number of hydrogen-bond donors (Lipinski definition) is 1. The average Bonchev–Trinajstić information content (AvgIpc) is 3.43. The van der Waals surface area contributed by atoms with Crippen molar-refractivity contribution in [1.29, 1.82) is 0 Å². The standard InChI is InChI=1S/C20H23N5O3/c1-4-13-16(20(27)28-3)12(2)17(21-13)19(26)24-11-7-8-14(24)18-23-22-15-9-5-6-10-25(15)18/h5-6,9-10,14,21H,4,7-8,11H2,1-3H3. The van der Waals surface area contributed by atoms with Crippen LogP contribution in [-0.2, 0) is 11.2 Å². The second kappa shape index (κ2) is 7.10. The monoisotopic (exact) mass is 381 g/mol. The van der Waals surface area contributed by atoms with E-state index in [4.69, 9.17) is 4.74 Å². The van der Waals surface area contributed by atoms with E-state index in [0.29, 0.717) is 29.8 Å². The molecule has 0 saturated carbocycles. The smallest absolute Gasteiger partial charge is 0.339 e. The summed E-state index contributed by atoms with van der Waals surface area (Å²) >= 11 is 0. The van der Waals surface area contributed by atoms with Crippen molar-refractivity contribution < 1.29 is 14.3 Å². The molecule has 0 radical (unpaired) electrons. The maximum Gasteiger partial charge on any atom is 0.339 e. The average molecular weight is 381 g/mol. The zero-order valence-corrected chi connectivity index (χ0v) is 16.2. The number of ether oxygens (including phenoxy) is 1. The van der Waals surface area contributed by atoms with Crippen LogP contribution in [0.25, 0.3) is 5.65 Å². The minimum absolute atomic E-state index is 0.127. The number of hydrogen-bond acceptors (Lipinski definition) is 5. The maximum atomic E-state index is 13.4. The van der Waals surface area contributed by atoms with E-state index >= 15 is 0 Å². The second-order valence-electron chi connectivity index (χ2n) is 6.97. The van der Waals surface area contributed by atoms with Gasteiger partial charge in [0, 0.05) is 18.4 Å². The Morgan fingerprint density at radius 2 is 2.14 bits per heavy atom. The van der Waals surface area contributed by atoms with Crippen LogP contribution in [0.15, 0.2) is 24.4 Å². The van der Waals surface area contributed by atoms with Crippen molar-refractivity contribution in [2.45, 2.75) is 39.2 Å². The van der Waals surface area contributed by atoms with E-state index in [0.717, 1.165) is 30.0 Å². The zero-order valence-electron chi connectivity index (χ0n) is 16.2. The van der Waals surface area contributed by atoms with Crippen LogP contribution in [0.2, 0.25) is 0 Å². The van der Waals surface area contributed by atoms with Crippen molar-refractivity contribution in [3.05, 3.63) is 52.7 Å². The van der Waals surface area contributed by atoms with Crippen LogP contribution in [0, 0.1) is 6.92 Å². The lowest BCUT2D eigenvalue weighted by Gasteiger charge is -2.23. The predicted molar refractivity (Wildman–Crippen MR) is 102 cm³/mol. The first kappa shape index (κ1) is 18.2. The van der Waals surface area contributed by atoms with Gasteiger partial charge in [-0.1, -0.05) is 13.0 Å². The summed E-state index contributed by atoms with van der Waals surface area (Å²) in [6.45, 7) is 4.36. The summed E-state index contributed by atoms with van der Waals surface area (Å²) in [6.07, 6.45) is 4.24. The molecule has 0 spiro atoms. The van der Waals surface area contributed by atoms with Crippen LogP contribution in [0.4, 0.5) is 0 Å². The number of aryl methyl sites for hydroxylation is 1. The molecule has 1 unspecified atom stereocenters. The van der Waals surface area contributed by atoms with Gasteiger partial charge < -0.3 is 14.6 Å². The van der Waals surface area contributed by atoms with Gasteiger partial charge in [-0.05, 0) is 43.9 Å². The molecule has 146 valence electrons. The fourth-order valence-electron chi connectivity index (χ4n) is 4.02. The molecule has 8 heteroatoms. The Bertz CT molecular complexity index is 1050. The molecule has 4 heterocycles. The molecular weight excluding hydrogens is 358 g/mol. The van der Waals surface area contributed by atoms with Gasteiger partial charge in [0.25, 0.3) is 5.91 Å². The summed E-state index contributed by atoms with van der Waals surface area (Å²) in [6, 6.07) is 5.57. The molecule has 3 aromatic heterocycles. The summed E-state index contributed by atoms with van der Waals surface area (Å²) in [5.74, 6) is 0.207.